The van der Waals surface area contributed by atoms with Crippen LogP contribution < -0.4 is 5.32 Å². The van der Waals surface area contributed by atoms with Crippen LogP contribution in [0, 0.1) is 5.92 Å². The number of amides is 1. The van der Waals surface area contributed by atoms with Crippen LogP contribution in [0.4, 0.5) is 4.79 Å². The predicted molar refractivity (Wildman–Crippen MR) is 79.6 cm³/mol. The maximum Gasteiger partial charge on any atom is 0.409 e. The molecule has 20 heavy (non-hydrogen) atoms. The van der Waals surface area contributed by atoms with Crippen molar-refractivity contribution >= 4 is 6.09 Å². The molecule has 0 spiro atoms. The summed E-state index contributed by atoms with van der Waals surface area (Å²) >= 11 is 0. The second-order valence-corrected chi connectivity index (χ2v) is 5.69. The molecule has 1 unspecified atom stereocenters. The highest BCUT2D eigenvalue weighted by atomic mass is 16.6. The molecule has 1 saturated heterocycles. The molecule has 4 nitrogen and oxygen atoms in total. The summed E-state index contributed by atoms with van der Waals surface area (Å²) in [6, 6.07) is 10.5. The van der Waals surface area contributed by atoms with Crippen LogP contribution in [0.1, 0.15) is 31.9 Å². The fourth-order valence-electron chi connectivity index (χ4n) is 2.33. The monoisotopic (exact) mass is 276 g/mol. The van der Waals surface area contributed by atoms with Gasteiger partial charge in [0.2, 0.25) is 0 Å². The van der Waals surface area contributed by atoms with Gasteiger partial charge in [-0.1, -0.05) is 44.2 Å². The predicted octanol–water partition coefficient (Wildman–Crippen LogP) is 2.82. The van der Waals surface area contributed by atoms with Gasteiger partial charge < -0.3 is 15.0 Å². The lowest BCUT2D eigenvalue weighted by Crippen LogP contribution is -2.37. The van der Waals surface area contributed by atoms with Gasteiger partial charge in [0.25, 0.3) is 0 Å². The Morgan fingerprint density at radius 2 is 2.15 bits per heavy atom. The lowest BCUT2D eigenvalue weighted by molar-refractivity contribution is 0.0914. The normalized spacial score (nSPS) is 19.8. The summed E-state index contributed by atoms with van der Waals surface area (Å²) in [5.41, 5.74) is 1.22. The molecule has 110 valence electrons. The molecule has 0 bridgehead atoms. The fraction of sp³-hybridized carbons (Fsp3) is 0.562. The Bertz CT molecular complexity index is 420. The first-order chi connectivity index (χ1) is 9.66. The van der Waals surface area contributed by atoms with Gasteiger partial charge in [0, 0.05) is 13.1 Å². The van der Waals surface area contributed by atoms with Gasteiger partial charge in [0.15, 0.2) is 0 Å². The van der Waals surface area contributed by atoms with Gasteiger partial charge in [0.05, 0.1) is 12.6 Å². The molecule has 1 atom stereocenters. The summed E-state index contributed by atoms with van der Waals surface area (Å²) in [4.78, 5) is 13.9. The SMILES string of the molecule is CC(C)COC(=O)N1CCCNC(c2ccccc2)C1. The highest BCUT2D eigenvalue weighted by molar-refractivity contribution is 5.67. The van der Waals surface area contributed by atoms with Crippen molar-refractivity contribution in [3.8, 4) is 0 Å². The standard InChI is InChI=1S/C16H24N2O2/c1-13(2)12-20-16(19)18-10-6-9-17-15(11-18)14-7-4-3-5-8-14/h3-5,7-8,13,15,17H,6,9-12H2,1-2H3. The first kappa shape index (κ1) is 14.9. The third-order valence-corrected chi connectivity index (χ3v) is 3.40. The number of hydrogen-bond acceptors (Lipinski definition) is 3. The summed E-state index contributed by atoms with van der Waals surface area (Å²) in [6.07, 6.45) is 0.767. The van der Waals surface area contributed by atoms with Crippen molar-refractivity contribution in [2.24, 2.45) is 5.92 Å². The molecule has 1 aliphatic rings. The van der Waals surface area contributed by atoms with E-state index in [1.54, 1.807) is 0 Å². The van der Waals surface area contributed by atoms with Crippen molar-refractivity contribution < 1.29 is 9.53 Å². The van der Waals surface area contributed by atoms with Crippen LogP contribution in [-0.4, -0.2) is 37.2 Å². The Labute approximate surface area is 121 Å². The summed E-state index contributed by atoms with van der Waals surface area (Å²) in [6.45, 7) is 6.93. The van der Waals surface area contributed by atoms with Gasteiger partial charge in [-0.15, -0.1) is 0 Å². The van der Waals surface area contributed by atoms with Gasteiger partial charge in [-0.25, -0.2) is 4.79 Å². The second-order valence-electron chi connectivity index (χ2n) is 5.69. The molecule has 0 aromatic heterocycles. The molecule has 1 aromatic carbocycles. The van der Waals surface area contributed by atoms with E-state index in [4.69, 9.17) is 4.74 Å². The average Bonchev–Trinajstić information content (AvgIpc) is 2.71. The van der Waals surface area contributed by atoms with E-state index >= 15 is 0 Å². The highest BCUT2D eigenvalue weighted by Crippen LogP contribution is 2.17. The Hall–Kier alpha value is -1.55. The van der Waals surface area contributed by atoms with Crippen molar-refractivity contribution in [3.63, 3.8) is 0 Å². The zero-order valence-electron chi connectivity index (χ0n) is 12.3. The van der Waals surface area contributed by atoms with Crippen molar-refractivity contribution in [2.45, 2.75) is 26.3 Å². The van der Waals surface area contributed by atoms with Crippen LogP contribution in [0.15, 0.2) is 30.3 Å². The quantitative estimate of drug-likeness (QED) is 0.923. The molecular weight excluding hydrogens is 252 g/mol. The molecule has 1 amide bonds. The van der Waals surface area contributed by atoms with E-state index in [0.29, 0.717) is 19.1 Å². The van der Waals surface area contributed by atoms with Crippen LogP contribution >= 0.6 is 0 Å². The summed E-state index contributed by atoms with van der Waals surface area (Å²) in [7, 11) is 0. The third kappa shape index (κ3) is 4.23. The van der Waals surface area contributed by atoms with Crippen molar-refractivity contribution in [2.75, 3.05) is 26.2 Å². The number of hydrogen-bond donors (Lipinski definition) is 1. The molecular formula is C16H24N2O2. The molecule has 1 fully saturated rings. The highest BCUT2D eigenvalue weighted by Gasteiger charge is 2.23. The fourth-order valence-corrected chi connectivity index (χ4v) is 2.33. The zero-order chi connectivity index (χ0) is 14.4. The van der Waals surface area contributed by atoms with Crippen molar-refractivity contribution in [1.29, 1.82) is 0 Å². The Morgan fingerprint density at radius 3 is 2.85 bits per heavy atom. The van der Waals surface area contributed by atoms with E-state index in [2.05, 4.69) is 17.4 Å². The van der Waals surface area contributed by atoms with Crippen LogP contribution in [-0.2, 0) is 4.74 Å². The second kappa shape index (κ2) is 7.29. The number of rotatable bonds is 3. The number of carbonyl (C=O) groups excluding carboxylic acids is 1. The van der Waals surface area contributed by atoms with Crippen LogP contribution in [0.5, 0.6) is 0 Å². The number of benzene rings is 1. The summed E-state index contributed by atoms with van der Waals surface area (Å²) in [5.74, 6) is 0.369. The lowest BCUT2D eigenvalue weighted by Gasteiger charge is -2.24. The van der Waals surface area contributed by atoms with E-state index in [1.807, 2.05) is 36.9 Å². The number of carbonyl (C=O) groups is 1. The largest absolute Gasteiger partial charge is 0.449 e. The molecule has 0 aliphatic carbocycles. The van der Waals surface area contributed by atoms with Gasteiger partial charge in [-0.2, -0.15) is 0 Å². The molecule has 2 rings (SSSR count). The molecule has 1 aromatic rings. The Kier molecular flexibility index (Phi) is 5.41. The summed E-state index contributed by atoms with van der Waals surface area (Å²) in [5, 5.41) is 3.50. The van der Waals surface area contributed by atoms with Crippen LogP contribution in [0.2, 0.25) is 0 Å². The van der Waals surface area contributed by atoms with Gasteiger partial charge in [0.1, 0.15) is 0 Å². The smallest absolute Gasteiger partial charge is 0.409 e. The van der Waals surface area contributed by atoms with Crippen molar-refractivity contribution in [1.82, 2.24) is 10.2 Å². The third-order valence-electron chi connectivity index (χ3n) is 3.40. The van der Waals surface area contributed by atoms with E-state index in [-0.39, 0.29) is 12.1 Å². The molecule has 1 heterocycles. The Morgan fingerprint density at radius 1 is 1.40 bits per heavy atom. The van der Waals surface area contributed by atoms with Gasteiger partial charge in [-0.3, -0.25) is 0 Å². The lowest BCUT2D eigenvalue weighted by atomic mass is 10.1. The molecule has 4 heteroatoms. The minimum atomic E-state index is -0.191. The minimum absolute atomic E-state index is 0.185. The maximum absolute atomic E-state index is 12.1. The van der Waals surface area contributed by atoms with E-state index in [0.717, 1.165) is 19.5 Å². The van der Waals surface area contributed by atoms with Gasteiger partial charge >= 0.3 is 6.09 Å². The topological polar surface area (TPSA) is 41.6 Å². The minimum Gasteiger partial charge on any atom is -0.449 e. The van der Waals surface area contributed by atoms with Crippen molar-refractivity contribution in [3.05, 3.63) is 35.9 Å². The molecule has 0 radical (unpaired) electrons. The number of nitrogens with one attached hydrogen (secondary N) is 1. The van der Waals surface area contributed by atoms with Crippen LogP contribution in [0.25, 0.3) is 0 Å². The number of ether oxygens (including phenoxy) is 1. The van der Waals surface area contributed by atoms with E-state index in [9.17, 15) is 4.79 Å². The Balaban J connectivity index is 1.98. The number of nitrogens with zero attached hydrogens (tertiary/aromatic N) is 1. The summed E-state index contributed by atoms with van der Waals surface area (Å²) < 4.78 is 5.34. The molecule has 1 N–H and O–H groups in total. The zero-order valence-corrected chi connectivity index (χ0v) is 12.3. The first-order valence-corrected chi connectivity index (χ1v) is 7.37. The van der Waals surface area contributed by atoms with Gasteiger partial charge in [-0.05, 0) is 24.4 Å². The molecule has 1 aliphatic heterocycles. The molecule has 0 saturated carbocycles. The van der Waals surface area contributed by atoms with Crippen LogP contribution in [0.3, 0.4) is 0 Å². The first-order valence-electron chi connectivity index (χ1n) is 7.37. The van der Waals surface area contributed by atoms with E-state index < -0.39 is 0 Å². The van der Waals surface area contributed by atoms with E-state index in [1.165, 1.54) is 5.56 Å². The maximum atomic E-state index is 12.1. The average molecular weight is 276 g/mol.